The molecule has 13 atom stereocenters. The Morgan fingerprint density at radius 3 is 1.87 bits per heavy atom. The number of aliphatic hydroxyl groups excluding tert-OH is 3. The van der Waals surface area contributed by atoms with Gasteiger partial charge in [-0.2, -0.15) is 0 Å². The van der Waals surface area contributed by atoms with Crippen LogP contribution in [0, 0.1) is 23.7 Å². The average molecular weight is 917 g/mol. The Morgan fingerprint density at radius 2 is 1.22 bits per heavy atom. The van der Waals surface area contributed by atoms with Gasteiger partial charge in [-0.1, -0.05) is 155 Å². The normalized spacial score (nSPS) is 27.1. The highest BCUT2D eigenvalue weighted by molar-refractivity contribution is 5.84. The number of ether oxygens (including phenoxy) is 6. The third-order valence-electron chi connectivity index (χ3n) is 14.1. The molecule has 0 aliphatic carbocycles. The van der Waals surface area contributed by atoms with Crippen LogP contribution >= 0.6 is 0 Å². The molecule has 2 heterocycles. The van der Waals surface area contributed by atoms with Crippen molar-refractivity contribution < 1.29 is 48.5 Å². The number of fused-ring (bicyclic) bond motifs is 1. The first-order valence-corrected chi connectivity index (χ1v) is 24.4. The molecule has 5 aromatic rings. The Bertz CT molecular complexity index is 2210. The second-order valence-electron chi connectivity index (χ2n) is 19.1. The number of ketones is 1. The molecule has 0 spiro atoms. The van der Waals surface area contributed by atoms with Crippen molar-refractivity contribution in [1.29, 1.82) is 0 Å². The summed E-state index contributed by atoms with van der Waals surface area (Å²) in [6, 6.07) is 44.3. The molecule has 0 bridgehead atoms. The van der Waals surface area contributed by atoms with E-state index in [1.807, 2.05) is 110 Å². The maximum absolute atomic E-state index is 14.8. The van der Waals surface area contributed by atoms with E-state index in [9.17, 15) is 20.1 Å². The summed E-state index contributed by atoms with van der Waals surface area (Å²) >= 11 is 0. The molecule has 2 aliphatic heterocycles. The molecular weight excluding hydrogens is 845 g/mol. The first kappa shape index (κ1) is 50.5. The lowest BCUT2D eigenvalue weighted by Crippen LogP contribution is -2.57. The summed E-state index contributed by atoms with van der Waals surface area (Å²) in [5.74, 6) is -1.23. The largest absolute Gasteiger partial charge is 0.396 e. The van der Waals surface area contributed by atoms with Crippen LogP contribution in [0.2, 0.25) is 0 Å². The van der Waals surface area contributed by atoms with Crippen molar-refractivity contribution in [2.24, 2.45) is 23.7 Å². The minimum Gasteiger partial charge on any atom is -0.396 e. The standard InChI is InChI=1S/C57H72O10/c1-38-29-50(64-36-45-26-27-46-23-14-15-24-47(46)31-45)52(66-53(37-62-33-42-17-8-5-9-18-42)51(30-38)63-34-43-19-10-6-11-20-43)32-48(59)54(60)41(4)56(65-35-44-21-12-7-13-22-44)57-55(61)40(3)39(2)49(67-57)25-16-28-58/h5-15,17-24,26-27,31,38-41,49-58,60-61H,16,25,28-30,32-37H2,1-4H3/t38-,39+,40+,41-,49-,50+,51-,52-,53+,54?,55-,56+,57-/m1/s1. The maximum Gasteiger partial charge on any atom is 0.164 e. The van der Waals surface area contributed by atoms with Crippen molar-refractivity contribution in [3.63, 3.8) is 0 Å². The molecule has 10 nitrogen and oxygen atoms in total. The van der Waals surface area contributed by atoms with E-state index in [0.717, 1.165) is 33.0 Å². The summed E-state index contributed by atoms with van der Waals surface area (Å²) in [6.45, 7) is 9.53. The monoisotopic (exact) mass is 917 g/mol. The zero-order valence-electron chi connectivity index (χ0n) is 39.7. The molecule has 360 valence electrons. The number of carbonyl (C=O) groups is 1. The molecule has 0 amide bonds. The lowest BCUT2D eigenvalue weighted by Gasteiger charge is -2.47. The van der Waals surface area contributed by atoms with Crippen molar-refractivity contribution in [2.45, 2.75) is 141 Å². The predicted octanol–water partition coefficient (Wildman–Crippen LogP) is 9.43. The molecule has 10 heteroatoms. The maximum atomic E-state index is 14.8. The Hall–Kier alpha value is -4.33. The van der Waals surface area contributed by atoms with Gasteiger partial charge in [0.15, 0.2) is 5.78 Å². The van der Waals surface area contributed by atoms with Crippen LogP contribution in [0.3, 0.4) is 0 Å². The molecule has 1 unspecified atom stereocenters. The zero-order valence-corrected chi connectivity index (χ0v) is 39.7. The number of hydrogen-bond acceptors (Lipinski definition) is 10. The number of rotatable bonds is 22. The van der Waals surface area contributed by atoms with Gasteiger partial charge in [-0.15, -0.1) is 0 Å². The fourth-order valence-electron chi connectivity index (χ4n) is 9.80. The Kier molecular flexibility index (Phi) is 19.1. The van der Waals surface area contributed by atoms with Crippen LogP contribution in [0.1, 0.15) is 82.1 Å². The SMILES string of the molecule is C[C@@H]1C[C@H](OCc2ccc3ccccc3c2)[C@@H](CC(=O)C(O)[C@@H](C)[C@H](OCc2ccccc2)[C@@H]2O[C@H](CCCO)[C@@H](C)[C@H](C)[C@H]2O)O[C@@H](COCc2ccccc2)[C@H](OCc2ccccc2)C1. The van der Waals surface area contributed by atoms with Gasteiger partial charge >= 0.3 is 0 Å². The summed E-state index contributed by atoms with van der Waals surface area (Å²) in [6.07, 6.45) is -4.26. The fraction of sp³-hybridized carbons (Fsp3) is 0.491. The number of benzene rings is 5. The second kappa shape index (κ2) is 25.3. The molecule has 2 saturated heterocycles. The van der Waals surface area contributed by atoms with Gasteiger partial charge in [0.2, 0.25) is 0 Å². The van der Waals surface area contributed by atoms with Gasteiger partial charge in [-0.05, 0) is 82.5 Å². The van der Waals surface area contributed by atoms with E-state index in [0.29, 0.717) is 45.5 Å². The molecule has 0 saturated carbocycles. The first-order chi connectivity index (χ1) is 32.6. The van der Waals surface area contributed by atoms with Crippen LogP contribution in [0.4, 0.5) is 0 Å². The van der Waals surface area contributed by atoms with Gasteiger partial charge in [-0.25, -0.2) is 0 Å². The Morgan fingerprint density at radius 1 is 0.657 bits per heavy atom. The second-order valence-corrected chi connectivity index (χ2v) is 19.1. The molecule has 0 aromatic heterocycles. The topological polar surface area (TPSA) is 133 Å². The van der Waals surface area contributed by atoms with E-state index < -0.39 is 54.4 Å². The lowest BCUT2D eigenvalue weighted by molar-refractivity contribution is -0.227. The predicted molar refractivity (Wildman–Crippen MR) is 260 cm³/mol. The van der Waals surface area contributed by atoms with Crippen LogP contribution in [0.15, 0.2) is 133 Å². The highest BCUT2D eigenvalue weighted by atomic mass is 16.6. The number of hydrogen-bond donors (Lipinski definition) is 3. The quantitative estimate of drug-likeness (QED) is 0.0617. The highest BCUT2D eigenvalue weighted by Crippen LogP contribution is 2.38. The van der Waals surface area contributed by atoms with Crippen LogP contribution in [-0.2, 0) is 59.6 Å². The number of Topliss-reactive ketones (excluding diaryl/α,β-unsaturated/α-hetero) is 1. The van der Waals surface area contributed by atoms with E-state index in [2.05, 4.69) is 44.2 Å². The van der Waals surface area contributed by atoms with Gasteiger partial charge in [0.05, 0.1) is 69.7 Å². The van der Waals surface area contributed by atoms with E-state index >= 15 is 0 Å². The minimum atomic E-state index is -1.49. The van der Waals surface area contributed by atoms with E-state index in [-0.39, 0.29) is 56.2 Å². The zero-order chi connectivity index (χ0) is 47.1. The van der Waals surface area contributed by atoms with Crippen molar-refractivity contribution in [2.75, 3.05) is 13.2 Å². The highest BCUT2D eigenvalue weighted by Gasteiger charge is 2.48. The summed E-state index contributed by atoms with van der Waals surface area (Å²) in [5.41, 5.74) is 3.99. The van der Waals surface area contributed by atoms with Crippen molar-refractivity contribution >= 4 is 16.6 Å². The van der Waals surface area contributed by atoms with Crippen molar-refractivity contribution in [3.05, 3.63) is 156 Å². The summed E-state index contributed by atoms with van der Waals surface area (Å²) in [5, 5.41) is 36.0. The number of aliphatic hydroxyl groups is 3. The van der Waals surface area contributed by atoms with Gasteiger partial charge in [0.25, 0.3) is 0 Å². The smallest absolute Gasteiger partial charge is 0.164 e. The molecule has 0 radical (unpaired) electrons. The minimum absolute atomic E-state index is 0.0185. The molecular formula is C57H72O10. The molecule has 7 rings (SSSR count). The van der Waals surface area contributed by atoms with E-state index in [1.165, 1.54) is 0 Å². The van der Waals surface area contributed by atoms with Crippen molar-refractivity contribution in [1.82, 2.24) is 0 Å². The van der Waals surface area contributed by atoms with Gasteiger partial charge < -0.3 is 43.7 Å². The van der Waals surface area contributed by atoms with Crippen LogP contribution in [-0.4, -0.2) is 89.3 Å². The molecule has 3 N–H and O–H groups in total. The Balaban J connectivity index is 1.16. The third kappa shape index (κ3) is 14.1. The molecule has 67 heavy (non-hydrogen) atoms. The average Bonchev–Trinajstić information content (AvgIpc) is 3.35. The van der Waals surface area contributed by atoms with Gasteiger partial charge in [-0.3, -0.25) is 4.79 Å². The van der Waals surface area contributed by atoms with Gasteiger partial charge in [0.1, 0.15) is 18.3 Å². The molecule has 2 fully saturated rings. The molecule has 5 aromatic carbocycles. The fourth-order valence-corrected chi connectivity index (χ4v) is 9.80. The van der Waals surface area contributed by atoms with Crippen molar-refractivity contribution in [3.8, 4) is 0 Å². The summed E-state index contributed by atoms with van der Waals surface area (Å²) < 4.78 is 40.3. The summed E-state index contributed by atoms with van der Waals surface area (Å²) in [7, 11) is 0. The Labute approximate surface area is 397 Å². The summed E-state index contributed by atoms with van der Waals surface area (Å²) in [4.78, 5) is 14.8. The molecule has 2 aliphatic rings. The first-order valence-electron chi connectivity index (χ1n) is 24.4. The van der Waals surface area contributed by atoms with Crippen LogP contribution < -0.4 is 0 Å². The third-order valence-corrected chi connectivity index (χ3v) is 14.1. The van der Waals surface area contributed by atoms with Gasteiger partial charge in [0, 0.05) is 18.9 Å². The number of carbonyl (C=O) groups excluding carboxylic acids is 1. The van der Waals surface area contributed by atoms with Crippen LogP contribution in [0.5, 0.6) is 0 Å². The van der Waals surface area contributed by atoms with E-state index in [1.54, 1.807) is 6.92 Å². The van der Waals surface area contributed by atoms with Crippen LogP contribution in [0.25, 0.3) is 10.8 Å². The van der Waals surface area contributed by atoms with E-state index in [4.69, 9.17) is 28.4 Å². The lowest BCUT2D eigenvalue weighted by atomic mass is 9.76.